The van der Waals surface area contributed by atoms with Crippen molar-refractivity contribution >= 4 is 23.2 Å². The van der Waals surface area contributed by atoms with Gasteiger partial charge in [0, 0.05) is 22.6 Å². The van der Waals surface area contributed by atoms with Crippen LogP contribution in [-0.2, 0) is 6.42 Å². The van der Waals surface area contributed by atoms with E-state index in [1.807, 2.05) is 6.07 Å². The van der Waals surface area contributed by atoms with Crippen LogP contribution in [0.15, 0.2) is 12.1 Å². The molecule has 0 spiro atoms. The molecule has 0 radical (unpaired) electrons. The van der Waals surface area contributed by atoms with E-state index in [1.165, 1.54) is 5.56 Å². The maximum absolute atomic E-state index is 9.26. The number of hydrogen-bond donors (Lipinski definition) is 2. The van der Waals surface area contributed by atoms with E-state index in [1.54, 1.807) is 13.0 Å². The van der Waals surface area contributed by atoms with Crippen molar-refractivity contribution in [3.05, 3.63) is 33.3 Å². The summed E-state index contributed by atoms with van der Waals surface area (Å²) in [6, 6.07) is 4.01. The van der Waals surface area contributed by atoms with Crippen molar-refractivity contribution in [3.63, 3.8) is 0 Å². The lowest BCUT2D eigenvalue weighted by molar-refractivity contribution is 0.186. The van der Waals surface area contributed by atoms with Crippen LogP contribution in [0.2, 0.25) is 10.0 Å². The van der Waals surface area contributed by atoms with Crippen molar-refractivity contribution in [2.75, 3.05) is 6.54 Å². The van der Waals surface area contributed by atoms with Gasteiger partial charge in [0.25, 0.3) is 0 Å². The normalized spacial score (nSPS) is 20.9. The van der Waals surface area contributed by atoms with Gasteiger partial charge < -0.3 is 10.4 Å². The number of hydrogen-bond acceptors (Lipinski definition) is 2. The van der Waals surface area contributed by atoms with Gasteiger partial charge in [0.1, 0.15) is 0 Å². The highest BCUT2D eigenvalue weighted by molar-refractivity contribution is 6.35. The molecule has 4 heteroatoms. The van der Waals surface area contributed by atoms with Crippen molar-refractivity contribution < 1.29 is 5.11 Å². The molecule has 1 aliphatic carbocycles. The molecule has 0 fully saturated rings. The molecule has 0 bridgehead atoms. The average molecular weight is 260 g/mol. The number of aliphatic hydroxyl groups is 1. The summed E-state index contributed by atoms with van der Waals surface area (Å²) in [5.74, 6) is 0. The number of fused-ring (bicyclic) bond motifs is 1. The molecule has 1 aromatic carbocycles. The summed E-state index contributed by atoms with van der Waals surface area (Å²) < 4.78 is 0. The van der Waals surface area contributed by atoms with Gasteiger partial charge in [-0.1, -0.05) is 23.2 Å². The predicted molar refractivity (Wildman–Crippen MR) is 67.2 cm³/mol. The summed E-state index contributed by atoms with van der Waals surface area (Å²) in [7, 11) is 0. The van der Waals surface area contributed by atoms with E-state index in [0.717, 1.165) is 23.4 Å². The monoisotopic (exact) mass is 259 g/mol. The molecule has 0 aliphatic heterocycles. The van der Waals surface area contributed by atoms with Crippen LogP contribution in [0.5, 0.6) is 0 Å². The van der Waals surface area contributed by atoms with Crippen molar-refractivity contribution in [2.24, 2.45) is 0 Å². The second-order valence-corrected chi connectivity index (χ2v) is 5.15. The molecule has 0 saturated heterocycles. The highest BCUT2D eigenvalue weighted by Gasteiger charge is 2.25. The Labute approximate surface area is 106 Å². The Bertz CT molecular complexity index is 393. The summed E-state index contributed by atoms with van der Waals surface area (Å²) in [6.45, 7) is 2.36. The number of rotatable bonds is 3. The van der Waals surface area contributed by atoms with Crippen LogP contribution < -0.4 is 5.32 Å². The van der Waals surface area contributed by atoms with Crippen molar-refractivity contribution in [1.82, 2.24) is 5.32 Å². The zero-order valence-electron chi connectivity index (χ0n) is 9.13. The molecule has 0 heterocycles. The van der Waals surface area contributed by atoms with Gasteiger partial charge in [-0.25, -0.2) is 0 Å². The lowest BCUT2D eigenvalue weighted by Crippen LogP contribution is -2.27. The lowest BCUT2D eigenvalue weighted by Gasteiger charge is -2.16. The Balaban J connectivity index is 2.19. The van der Waals surface area contributed by atoms with Gasteiger partial charge in [-0.2, -0.15) is 0 Å². The minimum atomic E-state index is -0.338. The third-order valence-corrected chi connectivity index (χ3v) is 3.42. The van der Waals surface area contributed by atoms with Crippen molar-refractivity contribution in [1.29, 1.82) is 0 Å². The highest BCUT2D eigenvalue weighted by Crippen LogP contribution is 2.38. The predicted octanol–water partition coefficient (Wildman–Crippen LogP) is 2.95. The first kappa shape index (κ1) is 12.2. The first-order chi connectivity index (χ1) is 7.58. The zero-order valence-corrected chi connectivity index (χ0v) is 10.6. The second kappa shape index (κ2) is 4.92. The van der Waals surface area contributed by atoms with E-state index in [9.17, 15) is 5.11 Å². The molecular weight excluding hydrogens is 245 g/mol. The maximum Gasteiger partial charge on any atom is 0.0636 e. The summed E-state index contributed by atoms with van der Waals surface area (Å²) >= 11 is 12.2. The van der Waals surface area contributed by atoms with E-state index in [0.29, 0.717) is 11.6 Å². The molecule has 0 aromatic heterocycles. The van der Waals surface area contributed by atoms with Gasteiger partial charge in [-0.3, -0.25) is 0 Å². The Hall–Kier alpha value is -0.280. The number of aryl methyl sites for hydroxylation is 1. The molecule has 0 saturated carbocycles. The first-order valence-electron chi connectivity index (χ1n) is 5.47. The lowest BCUT2D eigenvalue weighted by atomic mass is 10.1. The molecule has 2 N–H and O–H groups in total. The molecule has 0 amide bonds. The summed E-state index contributed by atoms with van der Waals surface area (Å²) in [5, 5.41) is 14.0. The maximum atomic E-state index is 9.26. The minimum absolute atomic E-state index is 0.245. The number of benzene rings is 1. The van der Waals surface area contributed by atoms with Crippen LogP contribution in [0.25, 0.3) is 0 Å². The van der Waals surface area contributed by atoms with Gasteiger partial charge >= 0.3 is 0 Å². The second-order valence-electron chi connectivity index (χ2n) is 4.31. The summed E-state index contributed by atoms with van der Waals surface area (Å²) in [4.78, 5) is 0. The van der Waals surface area contributed by atoms with Crippen LogP contribution >= 0.6 is 23.2 Å². The van der Waals surface area contributed by atoms with Crippen molar-refractivity contribution in [2.45, 2.75) is 31.9 Å². The Morgan fingerprint density at radius 1 is 1.50 bits per heavy atom. The topological polar surface area (TPSA) is 32.3 Å². The fourth-order valence-electron chi connectivity index (χ4n) is 2.20. The SMILES string of the molecule is C[C@H](O)CNC1CCc2cc(Cl)cc(Cl)c21. The van der Waals surface area contributed by atoms with Crippen LogP contribution in [0.1, 0.15) is 30.5 Å². The van der Waals surface area contributed by atoms with E-state index in [4.69, 9.17) is 23.2 Å². The number of aliphatic hydroxyl groups excluding tert-OH is 1. The number of halogens is 2. The third kappa shape index (κ3) is 2.51. The average Bonchev–Trinajstić information content (AvgIpc) is 2.57. The van der Waals surface area contributed by atoms with Crippen LogP contribution in [0.3, 0.4) is 0 Å². The highest BCUT2D eigenvalue weighted by atomic mass is 35.5. The molecule has 2 rings (SSSR count). The van der Waals surface area contributed by atoms with Gasteiger partial charge in [0.05, 0.1) is 6.10 Å². The van der Waals surface area contributed by atoms with E-state index >= 15 is 0 Å². The van der Waals surface area contributed by atoms with Crippen LogP contribution in [-0.4, -0.2) is 17.8 Å². The number of nitrogens with one attached hydrogen (secondary N) is 1. The quantitative estimate of drug-likeness (QED) is 0.875. The Morgan fingerprint density at radius 3 is 2.94 bits per heavy atom. The minimum Gasteiger partial charge on any atom is -0.392 e. The molecular formula is C12H15Cl2NO. The molecule has 1 aromatic rings. The summed E-state index contributed by atoms with van der Waals surface area (Å²) in [6.07, 6.45) is 1.67. The standard InChI is InChI=1S/C12H15Cl2NO/c1-7(16)6-15-11-3-2-8-4-9(13)5-10(14)12(8)11/h4-5,7,11,15-16H,2-3,6H2,1H3/t7-,11?/m0/s1. The molecule has 16 heavy (non-hydrogen) atoms. The van der Waals surface area contributed by atoms with Crippen LogP contribution in [0.4, 0.5) is 0 Å². The third-order valence-electron chi connectivity index (χ3n) is 2.89. The smallest absolute Gasteiger partial charge is 0.0636 e. The van der Waals surface area contributed by atoms with Gasteiger partial charge in [-0.15, -0.1) is 0 Å². The molecule has 2 nitrogen and oxygen atoms in total. The van der Waals surface area contributed by atoms with E-state index in [2.05, 4.69) is 5.32 Å². The molecule has 1 aliphatic rings. The zero-order chi connectivity index (χ0) is 11.7. The van der Waals surface area contributed by atoms with Gasteiger partial charge in [0.2, 0.25) is 0 Å². The molecule has 1 unspecified atom stereocenters. The van der Waals surface area contributed by atoms with Gasteiger partial charge in [-0.05, 0) is 43.0 Å². The fourth-order valence-corrected chi connectivity index (χ4v) is 2.86. The Morgan fingerprint density at radius 2 is 2.25 bits per heavy atom. The molecule has 2 atom stereocenters. The first-order valence-corrected chi connectivity index (χ1v) is 6.23. The van der Waals surface area contributed by atoms with Crippen LogP contribution in [0, 0.1) is 0 Å². The largest absolute Gasteiger partial charge is 0.392 e. The van der Waals surface area contributed by atoms with E-state index in [-0.39, 0.29) is 12.1 Å². The van der Waals surface area contributed by atoms with Gasteiger partial charge in [0.15, 0.2) is 0 Å². The fraction of sp³-hybridized carbons (Fsp3) is 0.500. The van der Waals surface area contributed by atoms with Crippen molar-refractivity contribution in [3.8, 4) is 0 Å². The molecule has 88 valence electrons. The van der Waals surface area contributed by atoms with E-state index < -0.39 is 0 Å². The summed E-state index contributed by atoms with van der Waals surface area (Å²) in [5.41, 5.74) is 2.37. The Kier molecular flexibility index (Phi) is 3.75.